The van der Waals surface area contributed by atoms with Gasteiger partial charge in [-0.2, -0.15) is 24.5 Å². The smallest absolute Gasteiger partial charge is 0.310 e. The molecule has 1 heterocycles. The molecule has 0 aliphatic carbocycles. The summed E-state index contributed by atoms with van der Waals surface area (Å²) in [6, 6.07) is 6.30. The zero-order valence-corrected chi connectivity index (χ0v) is 13.8. The Bertz CT molecular complexity index is 581. The van der Waals surface area contributed by atoms with Crippen LogP contribution in [0, 0.1) is 0 Å². The van der Waals surface area contributed by atoms with Gasteiger partial charge in [0.15, 0.2) is 0 Å². The maximum absolute atomic E-state index is 13.0. The first-order valence-corrected chi connectivity index (χ1v) is 8.26. The van der Waals surface area contributed by atoms with Gasteiger partial charge in [-0.3, -0.25) is 0 Å². The molecule has 0 fully saturated rings. The molecule has 0 spiro atoms. The third-order valence-electron chi connectivity index (χ3n) is 3.17. The minimum atomic E-state index is -4.35. The summed E-state index contributed by atoms with van der Waals surface area (Å²) in [5.41, 5.74) is 1.15. The van der Waals surface area contributed by atoms with E-state index in [4.69, 9.17) is 0 Å². The molecule has 6 heteroatoms. The fraction of sp³-hybridized carbons (Fsp3) is 0.333. The standard InChI is InChI=1S/C15H15BrF3NS/c1-2-20-14(7-10-5-6-21-9-10)11-3-4-13(16)12(8-11)15(17,18)19/h3-6,8-9,14,20H,2,7H2,1H3. The summed E-state index contributed by atoms with van der Waals surface area (Å²) in [5, 5.41) is 7.25. The molecule has 114 valence electrons. The van der Waals surface area contributed by atoms with Crippen LogP contribution in [0.4, 0.5) is 13.2 Å². The summed E-state index contributed by atoms with van der Waals surface area (Å²) in [7, 11) is 0. The lowest BCUT2D eigenvalue weighted by molar-refractivity contribution is -0.138. The van der Waals surface area contributed by atoms with Crippen molar-refractivity contribution in [1.82, 2.24) is 5.32 Å². The molecule has 2 aromatic rings. The first kappa shape index (κ1) is 16.5. The van der Waals surface area contributed by atoms with Crippen LogP contribution in [-0.4, -0.2) is 6.54 Å². The normalized spacial score (nSPS) is 13.4. The van der Waals surface area contributed by atoms with Gasteiger partial charge >= 0.3 is 6.18 Å². The molecule has 1 aromatic carbocycles. The molecule has 1 unspecified atom stereocenters. The Morgan fingerprint density at radius 1 is 1.29 bits per heavy atom. The van der Waals surface area contributed by atoms with Crippen LogP contribution < -0.4 is 5.32 Å². The van der Waals surface area contributed by atoms with E-state index in [9.17, 15) is 13.2 Å². The summed E-state index contributed by atoms with van der Waals surface area (Å²) in [6.45, 7) is 2.65. The van der Waals surface area contributed by atoms with Crippen molar-refractivity contribution in [3.05, 3.63) is 56.2 Å². The van der Waals surface area contributed by atoms with Crippen LogP contribution in [-0.2, 0) is 12.6 Å². The Labute approximate surface area is 134 Å². The van der Waals surface area contributed by atoms with Gasteiger partial charge in [-0.15, -0.1) is 0 Å². The molecular formula is C15H15BrF3NS. The number of hydrogen-bond donors (Lipinski definition) is 1. The number of alkyl halides is 3. The highest BCUT2D eigenvalue weighted by atomic mass is 79.9. The molecule has 0 aliphatic heterocycles. The number of rotatable bonds is 5. The SMILES string of the molecule is CCNC(Cc1ccsc1)c1ccc(Br)c(C(F)(F)F)c1. The third-order valence-corrected chi connectivity index (χ3v) is 4.59. The average Bonchev–Trinajstić information content (AvgIpc) is 2.90. The molecule has 1 N–H and O–H groups in total. The molecule has 0 saturated carbocycles. The van der Waals surface area contributed by atoms with Crippen molar-refractivity contribution in [1.29, 1.82) is 0 Å². The van der Waals surface area contributed by atoms with Gasteiger partial charge in [0.2, 0.25) is 0 Å². The van der Waals surface area contributed by atoms with E-state index in [0.29, 0.717) is 18.5 Å². The maximum Gasteiger partial charge on any atom is 0.417 e. The van der Waals surface area contributed by atoms with Gasteiger partial charge in [0.25, 0.3) is 0 Å². The average molecular weight is 378 g/mol. The zero-order chi connectivity index (χ0) is 15.5. The number of nitrogens with one attached hydrogen (secondary N) is 1. The van der Waals surface area contributed by atoms with Gasteiger partial charge in [-0.05, 0) is 53.1 Å². The van der Waals surface area contributed by atoms with Crippen molar-refractivity contribution in [3.8, 4) is 0 Å². The Hall–Kier alpha value is -0.850. The maximum atomic E-state index is 13.0. The van der Waals surface area contributed by atoms with Crippen molar-refractivity contribution in [2.45, 2.75) is 25.6 Å². The molecule has 1 nitrogen and oxygen atoms in total. The number of likely N-dealkylation sites (N-methyl/N-ethyl adjacent to an activating group) is 1. The molecule has 0 aliphatic rings. The molecule has 0 radical (unpaired) electrons. The van der Waals surface area contributed by atoms with E-state index in [1.54, 1.807) is 17.4 Å². The predicted molar refractivity (Wildman–Crippen MR) is 83.6 cm³/mol. The summed E-state index contributed by atoms with van der Waals surface area (Å²) >= 11 is 4.57. The quantitative estimate of drug-likeness (QED) is 0.732. The topological polar surface area (TPSA) is 12.0 Å². The predicted octanol–water partition coefficient (Wildman–Crippen LogP) is 5.42. The van der Waals surface area contributed by atoms with E-state index in [1.165, 1.54) is 12.1 Å². The van der Waals surface area contributed by atoms with Gasteiger partial charge < -0.3 is 5.32 Å². The van der Waals surface area contributed by atoms with E-state index in [1.807, 2.05) is 23.8 Å². The van der Waals surface area contributed by atoms with Crippen LogP contribution in [0.25, 0.3) is 0 Å². The number of halogens is 4. The molecule has 1 aromatic heterocycles. The van der Waals surface area contributed by atoms with Gasteiger partial charge in [0, 0.05) is 10.5 Å². The van der Waals surface area contributed by atoms with Crippen LogP contribution >= 0.6 is 27.3 Å². The monoisotopic (exact) mass is 377 g/mol. The van der Waals surface area contributed by atoms with Crippen molar-refractivity contribution in [2.75, 3.05) is 6.54 Å². The van der Waals surface area contributed by atoms with E-state index >= 15 is 0 Å². The fourth-order valence-electron chi connectivity index (χ4n) is 2.18. The molecule has 0 amide bonds. The molecule has 1 atom stereocenters. The molecule has 0 saturated heterocycles. The van der Waals surface area contributed by atoms with Gasteiger partial charge in [-0.25, -0.2) is 0 Å². The molecule has 0 bridgehead atoms. The lowest BCUT2D eigenvalue weighted by atomic mass is 9.98. The lowest BCUT2D eigenvalue weighted by Gasteiger charge is -2.20. The van der Waals surface area contributed by atoms with Gasteiger partial charge in [0.05, 0.1) is 5.56 Å². The minimum absolute atomic E-state index is 0.0736. The Kier molecular flexibility index (Phi) is 5.46. The van der Waals surface area contributed by atoms with Crippen LogP contribution in [0.15, 0.2) is 39.5 Å². The third kappa shape index (κ3) is 4.31. The minimum Gasteiger partial charge on any atom is -0.310 e. The van der Waals surface area contributed by atoms with E-state index in [0.717, 1.165) is 5.56 Å². The highest BCUT2D eigenvalue weighted by molar-refractivity contribution is 9.10. The Morgan fingerprint density at radius 2 is 2.05 bits per heavy atom. The highest BCUT2D eigenvalue weighted by Crippen LogP contribution is 2.36. The van der Waals surface area contributed by atoms with Gasteiger partial charge in [-0.1, -0.05) is 28.9 Å². The van der Waals surface area contributed by atoms with Crippen LogP contribution in [0.3, 0.4) is 0 Å². The summed E-state index contributed by atoms with van der Waals surface area (Å²) in [4.78, 5) is 0. The molecule has 21 heavy (non-hydrogen) atoms. The summed E-state index contributed by atoms with van der Waals surface area (Å²) in [6.07, 6.45) is -3.68. The molecule has 2 rings (SSSR count). The number of benzene rings is 1. The summed E-state index contributed by atoms with van der Waals surface area (Å²) < 4.78 is 39.1. The Morgan fingerprint density at radius 3 is 2.62 bits per heavy atom. The van der Waals surface area contributed by atoms with Crippen LogP contribution in [0.5, 0.6) is 0 Å². The zero-order valence-electron chi connectivity index (χ0n) is 11.4. The molecular weight excluding hydrogens is 363 g/mol. The second-order valence-corrected chi connectivity index (χ2v) is 6.32. The first-order chi connectivity index (χ1) is 9.91. The van der Waals surface area contributed by atoms with Crippen molar-refractivity contribution < 1.29 is 13.2 Å². The Balaban J connectivity index is 2.32. The lowest BCUT2D eigenvalue weighted by Crippen LogP contribution is -2.23. The number of thiophene rings is 1. The van der Waals surface area contributed by atoms with E-state index in [-0.39, 0.29) is 10.5 Å². The van der Waals surface area contributed by atoms with Crippen LogP contribution in [0.1, 0.15) is 29.7 Å². The fourth-order valence-corrected chi connectivity index (χ4v) is 3.33. The number of hydrogen-bond acceptors (Lipinski definition) is 2. The second-order valence-electron chi connectivity index (χ2n) is 4.68. The largest absolute Gasteiger partial charge is 0.417 e. The summed E-state index contributed by atoms with van der Waals surface area (Å²) in [5.74, 6) is 0. The van der Waals surface area contributed by atoms with Crippen molar-refractivity contribution in [3.63, 3.8) is 0 Å². The van der Waals surface area contributed by atoms with Crippen molar-refractivity contribution >= 4 is 27.3 Å². The van der Waals surface area contributed by atoms with E-state index < -0.39 is 11.7 Å². The highest BCUT2D eigenvalue weighted by Gasteiger charge is 2.33. The van der Waals surface area contributed by atoms with E-state index in [2.05, 4.69) is 21.2 Å². The van der Waals surface area contributed by atoms with Crippen LogP contribution in [0.2, 0.25) is 0 Å². The van der Waals surface area contributed by atoms with Crippen molar-refractivity contribution in [2.24, 2.45) is 0 Å². The van der Waals surface area contributed by atoms with Gasteiger partial charge in [0.1, 0.15) is 0 Å². The first-order valence-electron chi connectivity index (χ1n) is 6.53. The second kappa shape index (κ2) is 6.94.